The smallest absolute Gasteiger partial charge is 0.191 e. The number of guanidine groups is 1. The van der Waals surface area contributed by atoms with Gasteiger partial charge in [0.25, 0.3) is 0 Å². The molecule has 1 saturated heterocycles. The number of hydrogen-bond acceptors (Lipinski definition) is 4. The molecular weight excluding hydrogens is 481 g/mol. The molecule has 5 nitrogen and oxygen atoms in total. The molecule has 0 saturated carbocycles. The zero-order valence-electron chi connectivity index (χ0n) is 17.1. The molecule has 2 aromatic heterocycles. The largest absolute Gasteiger partial charge is 0.357 e. The molecule has 154 valence electrons. The van der Waals surface area contributed by atoms with Gasteiger partial charge >= 0.3 is 0 Å². The fourth-order valence-corrected chi connectivity index (χ4v) is 4.04. The summed E-state index contributed by atoms with van der Waals surface area (Å²) in [5, 5.41) is 8.87. The van der Waals surface area contributed by atoms with Crippen molar-refractivity contribution in [2.75, 3.05) is 24.5 Å². The Morgan fingerprint density at radius 2 is 2.04 bits per heavy atom. The maximum Gasteiger partial charge on any atom is 0.191 e. The number of anilines is 1. The second-order valence-corrected chi connectivity index (χ2v) is 8.27. The van der Waals surface area contributed by atoms with Crippen molar-refractivity contribution in [3.8, 4) is 0 Å². The first-order valence-electron chi connectivity index (χ1n) is 9.90. The number of aromatic nitrogens is 1. The SMILES string of the molecule is CCNC(=NCc1ccc(N2CCC(C)CC2)nc1)NCc1sccc1C.I. The molecule has 0 amide bonds. The van der Waals surface area contributed by atoms with E-state index in [1.54, 1.807) is 11.3 Å². The van der Waals surface area contributed by atoms with Gasteiger partial charge in [0.1, 0.15) is 5.82 Å². The number of halogens is 1. The van der Waals surface area contributed by atoms with Gasteiger partial charge in [-0.1, -0.05) is 13.0 Å². The highest BCUT2D eigenvalue weighted by Crippen LogP contribution is 2.21. The molecule has 3 heterocycles. The number of piperidine rings is 1. The summed E-state index contributed by atoms with van der Waals surface area (Å²) in [5.41, 5.74) is 2.46. The van der Waals surface area contributed by atoms with Gasteiger partial charge in [-0.15, -0.1) is 35.3 Å². The monoisotopic (exact) mass is 513 g/mol. The molecule has 7 heteroatoms. The Morgan fingerprint density at radius 3 is 2.64 bits per heavy atom. The number of thiophene rings is 1. The molecule has 0 bridgehead atoms. The highest BCUT2D eigenvalue weighted by Gasteiger charge is 2.16. The summed E-state index contributed by atoms with van der Waals surface area (Å²) >= 11 is 1.78. The van der Waals surface area contributed by atoms with E-state index in [4.69, 9.17) is 4.99 Å². The first-order valence-corrected chi connectivity index (χ1v) is 10.8. The van der Waals surface area contributed by atoms with Crippen LogP contribution in [0.4, 0.5) is 5.82 Å². The standard InChI is InChI=1S/C21H31N5S.HI/c1-4-22-21(25-15-19-17(3)9-12-27-19)24-14-18-5-6-20(23-13-18)26-10-7-16(2)8-11-26;/h5-6,9,12-13,16H,4,7-8,10-11,14-15H2,1-3H3,(H2,22,24,25);1H. The Kier molecular flexibility index (Phi) is 9.50. The zero-order valence-corrected chi connectivity index (χ0v) is 20.2. The Balaban J connectivity index is 0.00000280. The van der Waals surface area contributed by atoms with Gasteiger partial charge in [0, 0.05) is 30.7 Å². The van der Waals surface area contributed by atoms with Crippen molar-refractivity contribution in [3.05, 3.63) is 45.8 Å². The van der Waals surface area contributed by atoms with E-state index in [-0.39, 0.29) is 24.0 Å². The van der Waals surface area contributed by atoms with Crippen LogP contribution < -0.4 is 15.5 Å². The van der Waals surface area contributed by atoms with Crippen LogP contribution >= 0.6 is 35.3 Å². The normalized spacial score (nSPS) is 15.2. The first-order chi connectivity index (χ1) is 13.2. The average molecular weight is 513 g/mol. The third-order valence-corrected chi connectivity index (χ3v) is 6.09. The van der Waals surface area contributed by atoms with Gasteiger partial charge in [-0.25, -0.2) is 9.98 Å². The lowest BCUT2D eigenvalue weighted by Crippen LogP contribution is -2.36. The molecule has 28 heavy (non-hydrogen) atoms. The highest BCUT2D eigenvalue weighted by atomic mass is 127. The quantitative estimate of drug-likeness (QED) is 0.338. The minimum absolute atomic E-state index is 0. The number of nitrogens with zero attached hydrogens (tertiary/aromatic N) is 3. The topological polar surface area (TPSA) is 52.6 Å². The summed E-state index contributed by atoms with van der Waals surface area (Å²) in [7, 11) is 0. The molecular formula is C21H32IN5S. The number of hydrogen-bond donors (Lipinski definition) is 2. The molecule has 3 rings (SSSR count). The van der Waals surface area contributed by atoms with E-state index < -0.39 is 0 Å². The van der Waals surface area contributed by atoms with Crippen molar-refractivity contribution < 1.29 is 0 Å². The van der Waals surface area contributed by atoms with E-state index in [0.717, 1.165) is 49.4 Å². The number of aliphatic imine (C=N–C) groups is 1. The summed E-state index contributed by atoms with van der Waals surface area (Å²) in [6.45, 7) is 11.1. The molecule has 0 unspecified atom stereocenters. The molecule has 0 aromatic carbocycles. The number of nitrogens with one attached hydrogen (secondary N) is 2. The fraction of sp³-hybridized carbons (Fsp3) is 0.524. The molecule has 2 N–H and O–H groups in total. The van der Waals surface area contributed by atoms with Crippen LogP contribution in [0.15, 0.2) is 34.8 Å². The van der Waals surface area contributed by atoms with Crippen molar-refractivity contribution in [3.63, 3.8) is 0 Å². The highest BCUT2D eigenvalue weighted by molar-refractivity contribution is 14.0. The van der Waals surface area contributed by atoms with E-state index in [0.29, 0.717) is 6.54 Å². The van der Waals surface area contributed by atoms with Gasteiger partial charge < -0.3 is 15.5 Å². The van der Waals surface area contributed by atoms with Crippen molar-refractivity contribution in [2.45, 2.75) is 46.7 Å². The van der Waals surface area contributed by atoms with Gasteiger partial charge in [0.05, 0.1) is 13.1 Å². The summed E-state index contributed by atoms with van der Waals surface area (Å²) in [5.74, 6) is 2.78. The van der Waals surface area contributed by atoms with Crippen LogP contribution in [0.3, 0.4) is 0 Å². The maximum absolute atomic E-state index is 4.71. The lowest BCUT2D eigenvalue weighted by atomic mass is 9.99. The fourth-order valence-electron chi connectivity index (χ4n) is 3.20. The van der Waals surface area contributed by atoms with Crippen LogP contribution in [0.25, 0.3) is 0 Å². The molecule has 1 fully saturated rings. The van der Waals surface area contributed by atoms with Gasteiger partial charge in [-0.05, 0) is 61.2 Å². The third-order valence-electron chi connectivity index (χ3n) is 5.07. The van der Waals surface area contributed by atoms with Gasteiger partial charge in [0.15, 0.2) is 5.96 Å². The van der Waals surface area contributed by atoms with Crippen molar-refractivity contribution in [2.24, 2.45) is 10.9 Å². The van der Waals surface area contributed by atoms with Gasteiger partial charge in [0.2, 0.25) is 0 Å². The average Bonchev–Trinajstić information content (AvgIpc) is 3.10. The number of rotatable bonds is 6. The molecule has 1 aliphatic rings. The summed E-state index contributed by atoms with van der Waals surface area (Å²) in [6.07, 6.45) is 4.48. The van der Waals surface area contributed by atoms with Crippen LogP contribution in [0.5, 0.6) is 0 Å². The second kappa shape index (κ2) is 11.6. The van der Waals surface area contributed by atoms with E-state index in [1.165, 1.54) is 23.3 Å². The van der Waals surface area contributed by atoms with E-state index in [2.05, 4.69) is 64.9 Å². The molecule has 1 aliphatic heterocycles. The number of aryl methyl sites for hydroxylation is 1. The minimum Gasteiger partial charge on any atom is -0.357 e. The Labute approximate surface area is 190 Å². The van der Waals surface area contributed by atoms with E-state index in [9.17, 15) is 0 Å². The first kappa shape index (κ1) is 22.9. The van der Waals surface area contributed by atoms with Crippen molar-refractivity contribution >= 4 is 47.1 Å². The van der Waals surface area contributed by atoms with Crippen molar-refractivity contribution in [1.82, 2.24) is 15.6 Å². The molecule has 0 atom stereocenters. The summed E-state index contributed by atoms with van der Waals surface area (Å²) < 4.78 is 0. The van der Waals surface area contributed by atoms with Gasteiger partial charge in [-0.3, -0.25) is 0 Å². The maximum atomic E-state index is 4.71. The molecule has 0 spiro atoms. The predicted octanol–water partition coefficient (Wildman–Crippen LogP) is 4.56. The Hall–Kier alpha value is -1.35. The van der Waals surface area contributed by atoms with E-state index in [1.807, 2.05) is 6.20 Å². The molecule has 2 aromatic rings. The molecule has 0 radical (unpaired) electrons. The summed E-state index contributed by atoms with van der Waals surface area (Å²) in [6, 6.07) is 6.44. The van der Waals surface area contributed by atoms with Crippen LogP contribution in [-0.4, -0.2) is 30.6 Å². The van der Waals surface area contributed by atoms with Gasteiger partial charge in [-0.2, -0.15) is 0 Å². The Morgan fingerprint density at radius 1 is 1.25 bits per heavy atom. The van der Waals surface area contributed by atoms with Crippen LogP contribution in [0.1, 0.15) is 42.7 Å². The number of pyridine rings is 1. The second-order valence-electron chi connectivity index (χ2n) is 7.27. The lowest BCUT2D eigenvalue weighted by molar-refractivity contribution is 0.436. The zero-order chi connectivity index (χ0) is 19.1. The van der Waals surface area contributed by atoms with Crippen LogP contribution in [0.2, 0.25) is 0 Å². The van der Waals surface area contributed by atoms with E-state index >= 15 is 0 Å². The summed E-state index contributed by atoms with van der Waals surface area (Å²) in [4.78, 5) is 13.1. The third kappa shape index (κ3) is 6.62. The minimum atomic E-state index is 0. The van der Waals surface area contributed by atoms with Crippen molar-refractivity contribution in [1.29, 1.82) is 0 Å². The Bertz CT molecular complexity index is 736. The van der Waals surface area contributed by atoms with Crippen LogP contribution in [0, 0.1) is 12.8 Å². The lowest BCUT2D eigenvalue weighted by Gasteiger charge is -2.31. The van der Waals surface area contributed by atoms with Crippen LogP contribution in [-0.2, 0) is 13.1 Å². The molecule has 0 aliphatic carbocycles. The predicted molar refractivity (Wildman–Crippen MR) is 131 cm³/mol.